The molecule has 0 aliphatic heterocycles. The number of hydrogen-bond donors (Lipinski definition) is 1. The van der Waals surface area contributed by atoms with E-state index < -0.39 is 11.9 Å². The van der Waals surface area contributed by atoms with Crippen LogP contribution < -0.4 is 0 Å². The molecule has 0 saturated carbocycles. The Bertz CT molecular complexity index is 511. The van der Waals surface area contributed by atoms with E-state index >= 15 is 0 Å². The summed E-state index contributed by atoms with van der Waals surface area (Å²) in [5, 5.41) is 9.22. The summed E-state index contributed by atoms with van der Waals surface area (Å²) in [5.41, 5.74) is -0.209. The number of aromatic carboxylic acids is 1. The van der Waals surface area contributed by atoms with Crippen molar-refractivity contribution in [3.8, 4) is 0 Å². The van der Waals surface area contributed by atoms with Gasteiger partial charge in [-0.2, -0.15) is 0 Å². The molecule has 0 aliphatic rings. The van der Waals surface area contributed by atoms with Crippen molar-refractivity contribution in [3.63, 3.8) is 0 Å². The molecule has 0 bridgehead atoms. The van der Waals surface area contributed by atoms with Gasteiger partial charge >= 0.3 is 11.9 Å². The van der Waals surface area contributed by atoms with Gasteiger partial charge in [0.1, 0.15) is 6.10 Å². The number of carbonyl (C=O) groups is 2. The van der Waals surface area contributed by atoms with Gasteiger partial charge in [0, 0.05) is 0 Å². The summed E-state index contributed by atoms with van der Waals surface area (Å²) in [7, 11) is 0. The molecular weight excluding hydrogens is 292 g/mol. The van der Waals surface area contributed by atoms with Crippen molar-refractivity contribution in [3.05, 3.63) is 34.3 Å². The van der Waals surface area contributed by atoms with Crippen LogP contribution in [-0.4, -0.2) is 23.1 Å². The highest BCUT2D eigenvalue weighted by Crippen LogP contribution is 2.23. The van der Waals surface area contributed by atoms with Crippen LogP contribution >= 0.6 is 11.6 Å². The molecule has 116 valence electrons. The molecule has 0 fully saturated rings. The van der Waals surface area contributed by atoms with Crippen molar-refractivity contribution in [2.24, 2.45) is 5.92 Å². The Morgan fingerprint density at radius 2 is 2.00 bits per heavy atom. The van der Waals surface area contributed by atoms with E-state index in [0.717, 1.165) is 19.3 Å². The van der Waals surface area contributed by atoms with Gasteiger partial charge < -0.3 is 9.84 Å². The van der Waals surface area contributed by atoms with E-state index in [2.05, 4.69) is 6.92 Å². The first kappa shape index (κ1) is 17.5. The van der Waals surface area contributed by atoms with Crippen LogP contribution in [-0.2, 0) is 4.74 Å². The van der Waals surface area contributed by atoms with Crippen LogP contribution in [0, 0.1) is 5.92 Å². The zero-order valence-corrected chi connectivity index (χ0v) is 13.3. The molecule has 1 aromatic rings. The fraction of sp³-hybridized carbons (Fsp3) is 0.500. The maximum Gasteiger partial charge on any atom is 0.339 e. The van der Waals surface area contributed by atoms with Gasteiger partial charge in [-0.05, 0) is 24.5 Å². The minimum atomic E-state index is -1.23. The number of ether oxygens (including phenoxy) is 1. The van der Waals surface area contributed by atoms with Crippen molar-refractivity contribution >= 4 is 23.5 Å². The Morgan fingerprint density at radius 1 is 1.33 bits per heavy atom. The first-order chi connectivity index (χ1) is 9.88. The predicted octanol–water partition coefficient (Wildman–Crippen LogP) is 4.41. The standard InChI is InChI=1S/C16H21ClO4/c1-4-5-9-13(10(2)3)21-16(20)11-7-6-8-12(17)14(11)15(18)19/h6-8,10,13H,4-5,9H2,1-3H3,(H,18,19). The molecule has 0 aromatic heterocycles. The van der Waals surface area contributed by atoms with Crippen molar-refractivity contribution in [2.45, 2.75) is 46.1 Å². The van der Waals surface area contributed by atoms with Crippen LogP contribution in [0.25, 0.3) is 0 Å². The maximum absolute atomic E-state index is 12.3. The second-order valence-corrected chi connectivity index (χ2v) is 5.70. The Morgan fingerprint density at radius 3 is 2.52 bits per heavy atom. The van der Waals surface area contributed by atoms with E-state index in [1.165, 1.54) is 12.1 Å². The van der Waals surface area contributed by atoms with Crippen LogP contribution in [0.2, 0.25) is 5.02 Å². The van der Waals surface area contributed by atoms with Crippen LogP contribution in [0.15, 0.2) is 18.2 Å². The maximum atomic E-state index is 12.3. The average molecular weight is 313 g/mol. The molecule has 0 radical (unpaired) electrons. The van der Waals surface area contributed by atoms with Gasteiger partial charge in [-0.1, -0.05) is 51.3 Å². The lowest BCUT2D eigenvalue weighted by Gasteiger charge is -2.21. The molecule has 0 amide bonds. The highest BCUT2D eigenvalue weighted by molar-refractivity contribution is 6.34. The minimum absolute atomic E-state index is 0.00264. The zero-order valence-electron chi connectivity index (χ0n) is 12.6. The monoisotopic (exact) mass is 312 g/mol. The predicted molar refractivity (Wildman–Crippen MR) is 82.0 cm³/mol. The summed E-state index contributed by atoms with van der Waals surface area (Å²) < 4.78 is 5.48. The molecule has 1 atom stereocenters. The SMILES string of the molecule is CCCCC(OC(=O)c1cccc(Cl)c1C(=O)O)C(C)C. The highest BCUT2D eigenvalue weighted by atomic mass is 35.5. The van der Waals surface area contributed by atoms with Gasteiger partial charge in [-0.15, -0.1) is 0 Å². The first-order valence-corrected chi connectivity index (χ1v) is 7.49. The minimum Gasteiger partial charge on any atom is -0.478 e. The third-order valence-electron chi connectivity index (χ3n) is 3.29. The second kappa shape index (κ2) is 8.03. The lowest BCUT2D eigenvalue weighted by molar-refractivity contribution is 0.0149. The molecule has 0 saturated heterocycles. The number of carboxylic acid groups (broad SMARTS) is 1. The number of benzene rings is 1. The van der Waals surface area contributed by atoms with Gasteiger partial charge in [-0.3, -0.25) is 0 Å². The molecule has 0 spiro atoms. The number of carboxylic acids is 1. The van der Waals surface area contributed by atoms with Gasteiger partial charge in [0.25, 0.3) is 0 Å². The van der Waals surface area contributed by atoms with E-state index in [4.69, 9.17) is 16.3 Å². The second-order valence-electron chi connectivity index (χ2n) is 5.30. The van der Waals surface area contributed by atoms with Crippen molar-refractivity contribution in [2.75, 3.05) is 0 Å². The molecule has 1 unspecified atom stereocenters. The molecule has 0 aliphatic carbocycles. The molecular formula is C16H21ClO4. The van der Waals surface area contributed by atoms with Crippen LogP contribution in [0.1, 0.15) is 60.7 Å². The number of halogens is 1. The van der Waals surface area contributed by atoms with Gasteiger partial charge in [0.05, 0.1) is 16.1 Å². The van der Waals surface area contributed by atoms with Crippen molar-refractivity contribution in [1.29, 1.82) is 0 Å². The third-order valence-corrected chi connectivity index (χ3v) is 3.61. The number of esters is 1. The summed E-state index contributed by atoms with van der Waals surface area (Å²) in [5.74, 6) is -1.69. The lowest BCUT2D eigenvalue weighted by Crippen LogP contribution is -2.25. The summed E-state index contributed by atoms with van der Waals surface area (Å²) in [6.07, 6.45) is 2.51. The third kappa shape index (κ3) is 4.74. The number of rotatable bonds is 7. The summed E-state index contributed by atoms with van der Waals surface area (Å²) >= 11 is 5.86. The molecule has 0 heterocycles. The van der Waals surface area contributed by atoms with Crippen molar-refractivity contribution < 1.29 is 19.4 Å². The smallest absolute Gasteiger partial charge is 0.339 e. The summed E-state index contributed by atoms with van der Waals surface area (Å²) in [6.45, 7) is 6.02. The fourth-order valence-corrected chi connectivity index (χ4v) is 2.30. The molecule has 5 heteroatoms. The van der Waals surface area contributed by atoms with E-state index in [9.17, 15) is 14.7 Å². The fourth-order valence-electron chi connectivity index (χ4n) is 2.05. The Kier molecular flexibility index (Phi) is 6.69. The zero-order chi connectivity index (χ0) is 16.0. The van der Waals surface area contributed by atoms with Crippen LogP contribution in [0.5, 0.6) is 0 Å². The van der Waals surface area contributed by atoms with E-state index in [-0.39, 0.29) is 28.2 Å². The normalized spacial score (nSPS) is 12.2. The van der Waals surface area contributed by atoms with E-state index in [1.54, 1.807) is 6.07 Å². The topological polar surface area (TPSA) is 63.6 Å². The first-order valence-electron chi connectivity index (χ1n) is 7.11. The number of unbranched alkanes of at least 4 members (excludes halogenated alkanes) is 1. The van der Waals surface area contributed by atoms with Crippen molar-refractivity contribution in [1.82, 2.24) is 0 Å². The molecule has 21 heavy (non-hydrogen) atoms. The van der Waals surface area contributed by atoms with Crippen LogP contribution in [0.3, 0.4) is 0 Å². The van der Waals surface area contributed by atoms with Gasteiger partial charge in [0.15, 0.2) is 0 Å². The summed E-state index contributed by atoms with van der Waals surface area (Å²) in [4.78, 5) is 23.5. The van der Waals surface area contributed by atoms with Crippen LogP contribution in [0.4, 0.5) is 0 Å². The number of hydrogen-bond acceptors (Lipinski definition) is 3. The quantitative estimate of drug-likeness (QED) is 0.757. The average Bonchev–Trinajstić information content (AvgIpc) is 2.42. The molecule has 1 aromatic carbocycles. The van der Waals surface area contributed by atoms with Gasteiger partial charge in [-0.25, -0.2) is 9.59 Å². The lowest BCUT2D eigenvalue weighted by atomic mass is 10.0. The Balaban J connectivity index is 2.98. The summed E-state index contributed by atoms with van der Waals surface area (Å²) in [6, 6.07) is 4.41. The molecule has 1 N–H and O–H groups in total. The Labute approximate surface area is 130 Å². The van der Waals surface area contributed by atoms with E-state index in [0.29, 0.717) is 0 Å². The number of carbonyl (C=O) groups excluding carboxylic acids is 1. The van der Waals surface area contributed by atoms with E-state index in [1.807, 2.05) is 13.8 Å². The Hall–Kier alpha value is -1.55. The van der Waals surface area contributed by atoms with Gasteiger partial charge in [0.2, 0.25) is 0 Å². The largest absolute Gasteiger partial charge is 0.478 e. The molecule has 1 rings (SSSR count). The highest BCUT2D eigenvalue weighted by Gasteiger charge is 2.24. The molecule has 4 nitrogen and oxygen atoms in total.